The minimum atomic E-state index is -1.27. The van der Waals surface area contributed by atoms with E-state index in [0.717, 1.165) is 11.1 Å². The first-order valence-electron chi connectivity index (χ1n) is 11.3. The third-order valence-electron chi connectivity index (χ3n) is 6.28. The molecule has 8 heteroatoms. The van der Waals surface area contributed by atoms with Crippen molar-refractivity contribution in [2.75, 3.05) is 12.0 Å². The number of furan rings is 1. The second-order valence-electron chi connectivity index (χ2n) is 8.81. The highest BCUT2D eigenvalue weighted by molar-refractivity contribution is 6.12. The number of benzene rings is 2. The van der Waals surface area contributed by atoms with Gasteiger partial charge in [0.05, 0.1) is 25.6 Å². The number of carbonyl (C=O) groups is 2. The van der Waals surface area contributed by atoms with Crippen LogP contribution in [-0.2, 0) is 17.9 Å². The van der Waals surface area contributed by atoms with E-state index in [-0.39, 0.29) is 18.4 Å². The second-order valence-corrected chi connectivity index (χ2v) is 8.81. The van der Waals surface area contributed by atoms with Gasteiger partial charge in [0.1, 0.15) is 22.7 Å². The fourth-order valence-electron chi connectivity index (χ4n) is 4.51. The number of aryl methyl sites for hydroxylation is 1. The lowest BCUT2D eigenvalue weighted by molar-refractivity contribution is -0.126. The number of amides is 2. The van der Waals surface area contributed by atoms with Crippen molar-refractivity contribution >= 4 is 17.5 Å². The number of anilines is 1. The summed E-state index contributed by atoms with van der Waals surface area (Å²) in [6.07, 6.45) is 1.56. The number of para-hydroxylation sites is 2. The zero-order valence-electron chi connectivity index (χ0n) is 19.8. The summed E-state index contributed by atoms with van der Waals surface area (Å²) in [7, 11) is 1.54. The molecule has 1 atom stereocenters. The third-order valence-corrected chi connectivity index (χ3v) is 6.28. The first-order valence-corrected chi connectivity index (χ1v) is 11.3. The molecule has 0 saturated heterocycles. The normalized spacial score (nSPS) is 17.2. The molecule has 3 heterocycles. The molecule has 1 aliphatic rings. The van der Waals surface area contributed by atoms with Crippen molar-refractivity contribution < 1.29 is 18.7 Å². The number of hydrogen-bond donors (Lipinski definition) is 1. The summed E-state index contributed by atoms with van der Waals surface area (Å²) in [6.45, 7) is 4.26. The van der Waals surface area contributed by atoms with Crippen molar-refractivity contribution in [3.05, 3.63) is 89.8 Å². The van der Waals surface area contributed by atoms with Gasteiger partial charge in [-0.25, -0.2) is 0 Å². The molecule has 2 aromatic heterocycles. The van der Waals surface area contributed by atoms with E-state index < -0.39 is 5.54 Å². The van der Waals surface area contributed by atoms with E-state index in [1.54, 1.807) is 55.3 Å². The molecule has 0 unspecified atom stereocenters. The van der Waals surface area contributed by atoms with Crippen LogP contribution in [0.4, 0.5) is 5.69 Å². The van der Waals surface area contributed by atoms with E-state index in [1.165, 1.54) is 4.90 Å². The predicted octanol–water partition coefficient (Wildman–Crippen LogP) is 4.20. The molecule has 8 nitrogen and oxygen atoms in total. The van der Waals surface area contributed by atoms with Crippen LogP contribution in [-0.4, -0.2) is 34.2 Å². The van der Waals surface area contributed by atoms with Gasteiger partial charge < -0.3 is 14.5 Å². The van der Waals surface area contributed by atoms with Crippen LogP contribution in [0.25, 0.3) is 11.5 Å². The molecule has 2 aromatic carbocycles. The number of nitrogens with zero attached hydrogens (tertiary/aromatic N) is 3. The van der Waals surface area contributed by atoms with E-state index in [9.17, 15) is 9.59 Å². The molecular formula is C27H26N4O4. The highest BCUT2D eigenvalue weighted by atomic mass is 16.5. The number of rotatable bonds is 6. The van der Waals surface area contributed by atoms with E-state index in [1.807, 2.05) is 43.3 Å². The molecular weight excluding hydrogens is 444 g/mol. The topological polar surface area (TPSA) is 89.6 Å². The van der Waals surface area contributed by atoms with Gasteiger partial charge in [-0.15, -0.1) is 0 Å². The standard InChI is InChI=1S/C27H26N4O4/c1-18-8-6-9-19(14-18)16-28-26(33)27(2)17-30-22(15-20(29-30)23-12-7-13-35-23)25(32)31(27)21-10-4-5-11-24(21)34-3/h4-15H,16-17H2,1-3H3,(H,28,33)/t27-/m0/s1. The number of hydrogen-bond acceptors (Lipinski definition) is 5. The van der Waals surface area contributed by atoms with Crippen LogP contribution < -0.4 is 15.0 Å². The Balaban J connectivity index is 1.56. The minimum absolute atomic E-state index is 0.159. The maximum Gasteiger partial charge on any atom is 0.277 e. The number of aromatic nitrogens is 2. The predicted molar refractivity (Wildman–Crippen MR) is 131 cm³/mol. The molecule has 0 saturated carbocycles. The summed E-state index contributed by atoms with van der Waals surface area (Å²) >= 11 is 0. The average molecular weight is 471 g/mol. The molecule has 0 aliphatic carbocycles. The Morgan fingerprint density at radius 2 is 1.97 bits per heavy atom. The van der Waals surface area contributed by atoms with Gasteiger partial charge in [-0.05, 0) is 43.7 Å². The highest BCUT2D eigenvalue weighted by Crippen LogP contribution is 2.38. The Morgan fingerprint density at radius 1 is 1.14 bits per heavy atom. The maximum atomic E-state index is 13.9. The van der Waals surface area contributed by atoms with Gasteiger partial charge in [0.25, 0.3) is 5.91 Å². The Hall–Kier alpha value is -4.33. The van der Waals surface area contributed by atoms with Crippen molar-refractivity contribution in [1.29, 1.82) is 0 Å². The summed E-state index contributed by atoms with van der Waals surface area (Å²) in [5, 5.41) is 7.61. The fraction of sp³-hybridized carbons (Fsp3) is 0.222. The number of methoxy groups -OCH3 is 1. The summed E-state index contributed by atoms with van der Waals surface area (Å²) in [4.78, 5) is 29.2. The van der Waals surface area contributed by atoms with Gasteiger partial charge in [-0.2, -0.15) is 5.10 Å². The van der Waals surface area contributed by atoms with Crippen LogP contribution >= 0.6 is 0 Å². The lowest BCUT2D eigenvalue weighted by Crippen LogP contribution is -2.64. The van der Waals surface area contributed by atoms with E-state index in [4.69, 9.17) is 9.15 Å². The van der Waals surface area contributed by atoms with Crippen LogP contribution in [0.1, 0.15) is 28.5 Å². The maximum absolute atomic E-state index is 13.9. The van der Waals surface area contributed by atoms with E-state index >= 15 is 0 Å². The van der Waals surface area contributed by atoms with Gasteiger partial charge in [-0.3, -0.25) is 19.2 Å². The first-order chi connectivity index (χ1) is 16.9. The van der Waals surface area contributed by atoms with E-state index in [2.05, 4.69) is 10.4 Å². The zero-order chi connectivity index (χ0) is 24.6. The number of ether oxygens (including phenoxy) is 1. The van der Waals surface area contributed by atoms with Crippen LogP contribution in [0.2, 0.25) is 0 Å². The smallest absolute Gasteiger partial charge is 0.277 e. The average Bonchev–Trinajstić information content (AvgIpc) is 3.53. The summed E-state index contributed by atoms with van der Waals surface area (Å²) in [5.41, 5.74) is 2.23. The Bertz CT molecular complexity index is 1390. The molecule has 0 bridgehead atoms. The molecule has 0 spiro atoms. The lowest BCUT2D eigenvalue weighted by Gasteiger charge is -2.43. The highest BCUT2D eigenvalue weighted by Gasteiger charge is 2.49. The number of nitrogens with one attached hydrogen (secondary N) is 1. The molecule has 178 valence electrons. The van der Waals surface area contributed by atoms with Crippen LogP contribution in [0.5, 0.6) is 5.75 Å². The van der Waals surface area contributed by atoms with Crippen LogP contribution in [0.3, 0.4) is 0 Å². The van der Waals surface area contributed by atoms with Crippen molar-refractivity contribution in [3.63, 3.8) is 0 Å². The Labute approximate surface area is 203 Å². The number of carbonyl (C=O) groups excluding carboxylic acids is 2. The molecule has 0 fully saturated rings. The molecule has 2 amide bonds. The molecule has 5 rings (SSSR count). The monoisotopic (exact) mass is 470 g/mol. The largest absolute Gasteiger partial charge is 0.495 e. The van der Waals surface area contributed by atoms with Crippen molar-refractivity contribution in [2.45, 2.75) is 32.5 Å². The van der Waals surface area contributed by atoms with Gasteiger partial charge in [-0.1, -0.05) is 42.0 Å². The van der Waals surface area contributed by atoms with Gasteiger partial charge in [0, 0.05) is 12.6 Å². The molecule has 35 heavy (non-hydrogen) atoms. The second kappa shape index (κ2) is 8.79. The first kappa shape index (κ1) is 22.5. The van der Waals surface area contributed by atoms with Crippen molar-refractivity contribution in [1.82, 2.24) is 15.1 Å². The molecule has 1 N–H and O–H groups in total. The Kier molecular flexibility index (Phi) is 5.64. The van der Waals surface area contributed by atoms with Gasteiger partial charge in [0.2, 0.25) is 5.91 Å². The minimum Gasteiger partial charge on any atom is -0.495 e. The van der Waals surface area contributed by atoms with Gasteiger partial charge in [0.15, 0.2) is 5.76 Å². The quantitative estimate of drug-likeness (QED) is 0.456. The summed E-state index contributed by atoms with van der Waals surface area (Å²) < 4.78 is 12.6. The van der Waals surface area contributed by atoms with E-state index in [0.29, 0.717) is 35.1 Å². The third kappa shape index (κ3) is 3.97. The molecule has 0 radical (unpaired) electrons. The fourth-order valence-corrected chi connectivity index (χ4v) is 4.51. The SMILES string of the molecule is COc1ccccc1N1C(=O)c2cc(-c3ccco3)nn2C[C@@]1(C)C(=O)NCc1cccc(C)c1. The Morgan fingerprint density at radius 3 is 2.71 bits per heavy atom. The summed E-state index contributed by atoms with van der Waals surface area (Å²) in [5.74, 6) is 0.408. The summed E-state index contributed by atoms with van der Waals surface area (Å²) in [6, 6.07) is 20.4. The molecule has 1 aliphatic heterocycles. The van der Waals surface area contributed by atoms with Crippen LogP contribution in [0, 0.1) is 6.92 Å². The lowest BCUT2D eigenvalue weighted by atomic mass is 9.93. The molecule has 4 aromatic rings. The number of fused-ring (bicyclic) bond motifs is 1. The van der Waals surface area contributed by atoms with Crippen molar-refractivity contribution in [3.8, 4) is 17.2 Å². The van der Waals surface area contributed by atoms with Crippen LogP contribution in [0.15, 0.2) is 77.4 Å². The zero-order valence-corrected chi connectivity index (χ0v) is 19.8. The van der Waals surface area contributed by atoms with Crippen molar-refractivity contribution in [2.24, 2.45) is 0 Å². The van der Waals surface area contributed by atoms with Gasteiger partial charge >= 0.3 is 0 Å².